The number of methoxy groups -OCH3 is 1. The summed E-state index contributed by atoms with van der Waals surface area (Å²) in [5, 5.41) is 1.65. The largest absolute Gasteiger partial charge is 0.495 e. The Morgan fingerprint density at radius 1 is 0.870 bits per heavy atom. The highest BCUT2D eigenvalue weighted by Gasteiger charge is 2.23. The van der Waals surface area contributed by atoms with E-state index in [0.717, 1.165) is 16.3 Å². The normalized spacial score (nSPS) is 11.4. The van der Waals surface area contributed by atoms with E-state index in [0.29, 0.717) is 5.75 Å². The smallest absolute Gasteiger partial charge is 0.342 e. The van der Waals surface area contributed by atoms with Crippen LogP contribution in [-0.4, -0.2) is 15.5 Å². The maximum Gasteiger partial charge on any atom is 0.342 e. The summed E-state index contributed by atoms with van der Waals surface area (Å²) in [5.41, 5.74) is 0.811. The van der Waals surface area contributed by atoms with Crippen LogP contribution in [0.1, 0.15) is 5.56 Å². The summed E-state index contributed by atoms with van der Waals surface area (Å²) in [4.78, 5) is 0.0212. The van der Waals surface area contributed by atoms with Crippen molar-refractivity contribution in [1.82, 2.24) is 0 Å². The first-order chi connectivity index (χ1) is 11.0. The third-order valence-electron chi connectivity index (χ3n) is 3.54. The minimum atomic E-state index is -4.00. The lowest BCUT2D eigenvalue weighted by molar-refractivity contribution is 0.398. The molecule has 0 amide bonds. The van der Waals surface area contributed by atoms with Gasteiger partial charge in [-0.1, -0.05) is 42.5 Å². The standard InChI is InChI=1S/C18H16O4S/c1-13-10-11-17(21-2)18(12-13)23(19,20)22-16-9-5-7-14-6-3-4-8-15(14)16/h3-12H,1-2H3. The number of benzene rings is 3. The highest BCUT2D eigenvalue weighted by molar-refractivity contribution is 7.87. The van der Waals surface area contributed by atoms with Crippen LogP contribution in [-0.2, 0) is 10.1 Å². The summed E-state index contributed by atoms with van der Waals surface area (Å²) in [7, 11) is -2.56. The predicted octanol–water partition coefficient (Wildman–Crippen LogP) is 3.92. The Bertz CT molecular complexity index is 956. The van der Waals surface area contributed by atoms with Crippen molar-refractivity contribution in [3.63, 3.8) is 0 Å². The Kier molecular flexibility index (Phi) is 3.96. The van der Waals surface area contributed by atoms with Crippen LogP contribution < -0.4 is 8.92 Å². The number of fused-ring (bicyclic) bond motifs is 1. The van der Waals surface area contributed by atoms with Gasteiger partial charge in [0.2, 0.25) is 0 Å². The molecule has 23 heavy (non-hydrogen) atoms. The van der Waals surface area contributed by atoms with E-state index in [4.69, 9.17) is 8.92 Å². The molecule has 0 radical (unpaired) electrons. The molecular formula is C18H16O4S. The molecule has 5 heteroatoms. The maximum absolute atomic E-state index is 12.7. The molecule has 0 N–H and O–H groups in total. The zero-order chi connectivity index (χ0) is 16.4. The second-order valence-corrected chi connectivity index (χ2v) is 6.68. The predicted molar refractivity (Wildman–Crippen MR) is 89.5 cm³/mol. The molecular weight excluding hydrogens is 312 g/mol. The number of aryl methyl sites for hydroxylation is 1. The fourth-order valence-corrected chi connectivity index (χ4v) is 3.61. The molecule has 0 saturated heterocycles. The first-order valence-corrected chi connectivity index (χ1v) is 8.49. The van der Waals surface area contributed by atoms with Gasteiger partial charge in [0, 0.05) is 5.39 Å². The zero-order valence-corrected chi connectivity index (χ0v) is 13.6. The summed E-state index contributed by atoms with van der Waals surface area (Å²) in [6.45, 7) is 1.82. The monoisotopic (exact) mass is 328 g/mol. The quantitative estimate of drug-likeness (QED) is 0.681. The van der Waals surface area contributed by atoms with Gasteiger partial charge in [0.1, 0.15) is 10.6 Å². The molecule has 0 unspecified atom stereocenters. The lowest BCUT2D eigenvalue weighted by atomic mass is 10.1. The van der Waals surface area contributed by atoms with E-state index in [1.165, 1.54) is 7.11 Å². The van der Waals surface area contributed by atoms with Gasteiger partial charge in [0.25, 0.3) is 0 Å². The first-order valence-electron chi connectivity index (χ1n) is 7.08. The maximum atomic E-state index is 12.7. The molecule has 0 heterocycles. The van der Waals surface area contributed by atoms with Crippen molar-refractivity contribution in [2.45, 2.75) is 11.8 Å². The van der Waals surface area contributed by atoms with Crippen molar-refractivity contribution in [2.75, 3.05) is 7.11 Å². The van der Waals surface area contributed by atoms with E-state index in [1.54, 1.807) is 30.3 Å². The van der Waals surface area contributed by atoms with Crippen LogP contribution >= 0.6 is 0 Å². The number of rotatable bonds is 4. The van der Waals surface area contributed by atoms with Crippen LogP contribution in [0.15, 0.2) is 65.6 Å². The van der Waals surface area contributed by atoms with Gasteiger partial charge in [0.05, 0.1) is 7.11 Å². The molecule has 118 valence electrons. The van der Waals surface area contributed by atoms with Gasteiger partial charge in [-0.15, -0.1) is 0 Å². The van der Waals surface area contributed by atoms with Gasteiger partial charge >= 0.3 is 10.1 Å². The molecule has 3 rings (SSSR count). The third kappa shape index (κ3) is 3.00. The van der Waals surface area contributed by atoms with E-state index >= 15 is 0 Å². The van der Waals surface area contributed by atoms with Crippen molar-refractivity contribution in [3.8, 4) is 11.5 Å². The highest BCUT2D eigenvalue weighted by Crippen LogP contribution is 2.31. The summed E-state index contributed by atoms with van der Waals surface area (Å²) >= 11 is 0. The lowest BCUT2D eigenvalue weighted by Gasteiger charge is -2.12. The van der Waals surface area contributed by atoms with Crippen LogP contribution in [0.2, 0.25) is 0 Å². The Morgan fingerprint density at radius 2 is 1.61 bits per heavy atom. The minimum Gasteiger partial charge on any atom is -0.495 e. The van der Waals surface area contributed by atoms with Gasteiger partial charge < -0.3 is 8.92 Å². The highest BCUT2D eigenvalue weighted by atomic mass is 32.2. The minimum absolute atomic E-state index is 0.0212. The molecule has 4 nitrogen and oxygen atoms in total. The second-order valence-electron chi connectivity index (χ2n) is 5.17. The van der Waals surface area contributed by atoms with Crippen molar-refractivity contribution in [2.24, 2.45) is 0 Å². The molecule has 0 aliphatic carbocycles. The van der Waals surface area contributed by atoms with Crippen LogP contribution in [0, 0.1) is 6.92 Å². The van der Waals surface area contributed by atoms with E-state index in [2.05, 4.69) is 0 Å². The fourth-order valence-electron chi connectivity index (χ4n) is 2.41. The zero-order valence-electron chi connectivity index (χ0n) is 12.8. The average molecular weight is 328 g/mol. The summed E-state index contributed by atoms with van der Waals surface area (Å²) in [5.74, 6) is 0.558. The average Bonchev–Trinajstić information content (AvgIpc) is 2.55. The van der Waals surface area contributed by atoms with E-state index < -0.39 is 10.1 Å². The molecule has 0 spiro atoms. The van der Waals surface area contributed by atoms with Crippen LogP contribution in [0.3, 0.4) is 0 Å². The van der Waals surface area contributed by atoms with Crippen molar-refractivity contribution >= 4 is 20.9 Å². The Morgan fingerprint density at radius 3 is 2.39 bits per heavy atom. The molecule has 0 atom stereocenters. The second kappa shape index (κ2) is 5.93. The SMILES string of the molecule is COc1ccc(C)cc1S(=O)(=O)Oc1cccc2ccccc12. The molecule has 0 aliphatic rings. The molecule has 0 fully saturated rings. The Balaban J connectivity index is 2.09. The van der Waals surface area contributed by atoms with Gasteiger partial charge in [-0.05, 0) is 36.1 Å². The summed E-state index contributed by atoms with van der Waals surface area (Å²) in [6.07, 6.45) is 0. The van der Waals surface area contributed by atoms with Crippen molar-refractivity contribution < 1.29 is 17.3 Å². The summed E-state index contributed by atoms with van der Waals surface area (Å²) < 4.78 is 35.9. The number of hydrogen-bond donors (Lipinski definition) is 0. The first kappa shape index (κ1) is 15.4. The van der Waals surface area contributed by atoms with Crippen LogP contribution in [0.25, 0.3) is 10.8 Å². The molecule has 3 aromatic rings. The molecule has 0 aromatic heterocycles. The van der Waals surface area contributed by atoms with Crippen molar-refractivity contribution in [1.29, 1.82) is 0 Å². The molecule has 0 bridgehead atoms. The third-order valence-corrected chi connectivity index (χ3v) is 4.79. The molecule has 0 saturated carbocycles. The van der Waals surface area contributed by atoms with E-state index in [1.807, 2.05) is 37.3 Å². The Labute approximate surface area is 135 Å². The van der Waals surface area contributed by atoms with Gasteiger partial charge in [-0.3, -0.25) is 0 Å². The molecule has 3 aromatic carbocycles. The topological polar surface area (TPSA) is 52.6 Å². The van der Waals surface area contributed by atoms with Crippen LogP contribution in [0.5, 0.6) is 11.5 Å². The van der Waals surface area contributed by atoms with Gasteiger partial charge in [0.15, 0.2) is 5.75 Å². The van der Waals surface area contributed by atoms with Crippen molar-refractivity contribution in [3.05, 3.63) is 66.2 Å². The number of hydrogen-bond acceptors (Lipinski definition) is 4. The van der Waals surface area contributed by atoms with Gasteiger partial charge in [-0.2, -0.15) is 8.42 Å². The fraction of sp³-hybridized carbons (Fsp3) is 0.111. The lowest BCUT2D eigenvalue weighted by Crippen LogP contribution is -2.11. The molecule has 0 aliphatic heterocycles. The van der Waals surface area contributed by atoms with E-state index in [9.17, 15) is 8.42 Å². The van der Waals surface area contributed by atoms with Crippen LogP contribution in [0.4, 0.5) is 0 Å². The number of ether oxygens (including phenoxy) is 1. The Hall–Kier alpha value is -2.53. The summed E-state index contributed by atoms with van der Waals surface area (Å²) in [6, 6.07) is 17.7. The van der Waals surface area contributed by atoms with Gasteiger partial charge in [-0.25, -0.2) is 0 Å². The van der Waals surface area contributed by atoms with E-state index in [-0.39, 0.29) is 10.6 Å².